The summed E-state index contributed by atoms with van der Waals surface area (Å²) < 4.78 is 4.79. The maximum atomic E-state index is 12.2. The van der Waals surface area contributed by atoms with Crippen LogP contribution in [0.3, 0.4) is 0 Å². The van der Waals surface area contributed by atoms with Gasteiger partial charge in [0.25, 0.3) is 0 Å². The van der Waals surface area contributed by atoms with Gasteiger partial charge in [-0.15, -0.1) is 0 Å². The average molecular weight is 296 g/mol. The second-order valence-corrected chi connectivity index (χ2v) is 4.58. The Morgan fingerprint density at radius 3 is 2.09 bits per heavy atom. The van der Waals surface area contributed by atoms with Crippen molar-refractivity contribution in [3.05, 3.63) is 71.3 Å². The molecular weight excluding hydrogens is 280 g/mol. The Kier molecular flexibility index (Phi) is 5.09. The molecule has 0 heterocycles. The highest BCUT2D eigenvalue weighted by Gasteiger charge is 2.08. The van der Waals surface area contributed by atoms with Gasteiger partial charge in [-0.25, -0.2) is 4.79 Å². The normalized spacial score (nSPS) is 10.6. The van der Waals surface area contributed by atoms with Gasteiger partial charge in [0, 0.05) is 17.2 Å². The van der Waals surface area contributed by atoms with Gasteiger partial charge in [-0.2, -0.15) is 0 Å². The summed E-state index contributed by atoms with van der Waals surface area (Å²) in [5.41, 5.74) is 1.85. The van der Waals surface area contributed by atoms with Gasteiger partial charge in [-0.05, 0) is 42.8 Å². The number of carbonyl (C=O) groups excluding carboxylic acids is 2. The third-order valence-corrected chi connectivity index (χ3v) is 3.00. The van der Waals surface area contributed by atoms with Crippen LogP contribution in [-0.2, 0) is 9.53 Å². The van der Waals surface area contributed by atoms with E-state index in [2.05, 4.69) is 0 Å². The fourth-order valence-electron chi connectivity index (χ4n) is 1.88. The average Bonchev–Trinajstić information content (AvgIpc) is 2.54. The van der Waals surface area contributed by atoms with Crippen LogP contribution >= 0.6 is 0 Å². The molecule has 0 aromatic heterocycles. The summed E-state index contributed by atoms with van der Waals surface area (Å²) >= 11 is 0. The molecule has 4 heteroatoms. The third kappa shape index (κ3) is 4.06. The zero-order valence-electron chi connectivity index (χ0n) is 12.2. The molecule has 0 amide bonds. The SMILES string of the molecule is CCOC(=O)C=Cc1ccc(C(=O)c2ccc(O)cc2)cc1. The number of hydrogen-bond donors (Lipinski definition) is 1. The fourth-order valence-corrected chi connectivity index (χ4v) is 1.88. The van der Waals surface area contributed by atoms with Crippen LogP contribution in [0.2, 0.25) is 0 Å². The first-order valence-corrected chi connectivity index (χ1v) is 6.89. The summed E-state index contributed by atoms with van der Waals surface area (Å²) in [6.07, 6.45) is 2.98. The molecule has 0 unspecified atom stereocenters. The molecule has 0 bridgehead atoms. The van der Waals surface area contributed by atoms with E-state index in [9.17, 15) is 14.7 Å². The van der Waals surface area contributed by atoms with Crippen molar-refractivity contribution in [2.75, 3.05) is 6.61 Å². The molecule has 0 saturated carbocycles. The number of ketones is 1. The molecule has 22 heavy (non-hydrogen) atoms. The number of phenolic OH excluding ortho intramolecular Hbond substituents is 1. The van der Waals surface area contributed by atoms with E-state index in [1.165, 1.54) is 18.2 Å². The molecule has 0 spiro atoms. The van der Waals surface area contributed by atoms with E-state index in [-0.39, 0.29) is 11.5 Å². The van der Waals surface area contributed by atoms with E-state index >= 15 is 0 Å². The predicted molar refractivity (Wildman–Crippen MR) is 83.6 cm³/mol. The van der Waals surface area contributed by atoms with Gasteiger partial charge in [0.05, 0.1) is 6.61 Å². The third-order valence-electron chi connectivity index (χ3n) is 3.00. The van der Waals surface area contributed by atoms with Gasteiger partial charge in [0.15, 0.2) is 5.78 Å². The summed E-state index contributed by atoms with van der Waals surface area (Å²) in [6.45, 7) is 2.08. The lowest BCUT2D eigenvalue weighted by atomic mass is 10.0. The number of phenols is 1. The van der Waals surface area contributed by atoms with Crippen molar-refractivity contribution < 1.29 is 19.4 Å². The molecule has 0 radical (unpaired) electrons. The van der Waals surface area contributed by atoms with Crippen molar-refractivity contribution >= 4 is 17.8 Å². The van der Waals surface area contributed by atoms with E-state index in [0.29, 0.717) is 17.7 Å². The van der Waals surface area contributed by atoms with Crippen LogP contribution in [-0.4, -0.2) is 23.5 Å². The second-order valence-electron chi connectivity index (χ2n) is 4.58. The monoisotopic (exact) mass is 296 g/mol. The first-order valence-electron chi connectivity index (χ1n) is 6.89. The maximum absolute atomic E-state index is 12.2. The predicted octanol–water partition coefficient (Wildman–Crippen LogP) is 3.20. The quantitative estimate of drug-likeness (QED) is 0.523. The number of esters is 1. The van der Waals surface area contributed by atoms with Crippen LogP contribution in [0, 0.1) is 0 Å². The number of benzene rings is 2. The Morgan fingerprint density at radius 2 is 1.55 bits per heavy atom. The Bertz CT molecular complexity index is 682. The summed E-state index contributed by atoms with van der Waals surface area (Å²) in [5, 5.41) is 9.23. The van der Waals surface area contributed by atoms with Gasteiger partial charge in [0.2, 0.25) is 0 Å². The van der Waals surface area contributed by atoms with Crippen LogP contribution in [0.15, 0.2) is 54.6 Å². The molecule has 0 aliphatic carbocycles. The maximum Gasteiger partial charge on any atom is 0.330 e. The second kappa shape index (κ2) is 7.22. The molecule has 0 aliphatic rings. The highest BCUT2D eigenvalue weighted by molar-refractivity contribution is 6.09. The highest BCUT2D eigenvalue weighted by atomic mass is 16.5. The summed E-state index contributed by atoms with van der Waals surface area (Å²) in [4.78, 5) is 23.5. The van der Waals surface area contributed by atoms with Gasteiger partial charge in [0.1, 0.15) is 5.75 Å². The largest absolute Gasteiger partial charge is 0.508 e. The summed E-state index contributed by atoms with van der Waals surface area (Å²) in [6, 6.07) is 13.0. The minimum absolute atomic E-state index is 0.121. The Balaban J connectivity index is 2.10. The van der Waals surface area contributed by atoms with Crippen LogP contribution in [0.4, 0.5) is 0 Å². The number of hydrogen-bond acceptors (Lipinski definition) is 4. The minimum Gasteiger partial charge on any atom is -0.508 e. The van der Waals surface area contributed by atoms with Crippen LogP contribution in [0.1, 0.15) is 28.4 Å². The first kappa shape index (κ1) is 15.5. The Labute approximate surface area is 128 Å². The molecule has 112 valence electrons. The van der Waals surface area contributed by atoms with Crippen molar-refractivity contribution in [2.24, 2.45) is 0 Å². The van der Waals surface area contributed by atoms with Crippen LogP contribution in [0.5, 0.6) is 5.75 Å². The number of ether oxygens (including phenoxy) is 1. The van der Waals surface area contributed by atoms with E-state index < -0.39 is 5.97 Å². The van der Waals surface area contributed by atoms with Crippen LogP contribution < -0.4 is 0 Å². The van der Waals surface area contributed by atoms with E-state index in [0.717, 1.165) is 5.56 Å². The van der Waals surface area contributed by atoms with Crippen molar-refractivity contribution in [1.29, 1.82) is 0 Å². The zero-order chi connectivity index (χ0) is 15.9. The lowest BCUT2D eigenvalue weighted by Gasteiger charge is -2.02. The lowest BCUT2D eigenvalue weighted by molar-refractivity contribution is -0.137. The molecule has 1 N–H and O–H groups in total. The highest BCUT2D eigenvalue weighted by Crippen LogP contribution is 2.15. The van der Waals surface area contributed by atoms with Crippen molar-refractivity contribution in [3.8, 4) is 5.75 Å². The standard InChI is InChI=1S/C18H16O4/c1-2-22-17(20)12-5-13-3-6-14(7-4-13)18(21)15-8-10-16(19)11-9-15/h3-12,19H,2H2,1H3. The van der Waals surface area contributed by atoms with Gasteiger partial charge >= 0.3 is 5.97 Å². The van der Waals surface area contributed by atoms with E-state index in [4.69, 9.17) is 4.74 Å². The summed E-state index contributed by atoms with van der Waals surface area (Å²) in [5.74, 6) is -0.399. The Morgan fingerprint density at radius 1 is 1.00 bits per heavy atom. The van der Waals surface area contributed by atoms with Gasteiger partial charge in [-0.3, -0.25) is 4.79 Å². The minimum atomic E-state index is -0.397. The van der Waals surface area contributed by atoms with Gasteiger partial charge in [-0.1, -0.05) is 24.3 Å². The van der Waals surface area contributed by atoms with E-state index in [1.54, 1.807) is 49.4 Å². The molecule has 0 fully saturated rings. The number of aromatic hydroxyl groups is 1. The van der Waals surface area contributed by atoms with Crippen molar-refractivity contribution in [1.82, 2.24) is 0 Å². The fraction of sp³-hybridized carbons (Fsp3) is 0.111. The van der Waals surface area contributed by atoms with Crippen LogP contribution in [0.25, 0.3) is 6.08 Å². The molecular formula is C18H16O4. The number of rotatable bonds is 5. The smallest absolute Gasteiger partial charge is 0.330 e. The molecule has 2 aromatic rings. The van der Waals surface area contributed by atoms with Crippen molar-refractivity contribution in [3.63, 3.8) is 0 Å². The lowest BCUT2D eigenvalue weighted by Crippen LogP contribution is -2.01. The van der Waals surface area contributed by atoms with E-state index in [1.807, 2.05) is 0 Å². The zero-order valence-corrected chi connectivity index (χ0v) is 12.2. The first-order chi connectivity index (χ1) is 10.6. The van der Waals surface area contributed by atoms with Gasteiger partial charge < -0.3 is 9.84 Å². The summed E-state index contributed by atoms with van der Waals surface area (Å²) in [7, 11) is 0. The molecule has 4 nitrogen and oxygen atoms in total. The number of carbonyl (C=O) groups is 2. The molecule has 0 atom stereocenters. The Hall–Kier alpha value is -2.88. The molecule has 2 rings (SSSR count). The molecule has 2 aromatic carbocycles. The molecule has 0 aliphatic heterocycles. The molecule has 0 saturated heterocycles. The van der Waals surface area contributed by atoms with Crippen molar-refractivity contribution in [2.45, 2.75) is 6.92 Å². The topological polar surface area (TPSA) is 63.6 Å².